The molecule has 2 saturated heterocycles. The number of hydrogen-bond donors (Lipinski definition) is 1. The average Bonchev–Trinajstić information content (AvgIpc) is 2.80. The van der Waals surface area contributed by atoms with E-state index in [4.69, 9.17) is 5.73 Å². The van der Waals surface area contributed by atoms with Crippen molar-refractivity contribution in [2.45, 2.75) is 80.7 Å². The zero-order valence-electron chi connectivity index (χ0n) is 11.7. The van der Waals surface area contributed by atoms with Gasteiger partial charge in [-0.15, -0.1) is 0 Å². The van der Waals surface area contributed by atoms with E-state index in [9.17, 15) is 0 Å². The van der Waals surface area contributed by atoms with E-state index in [2.05, 4.69) is 22.9 Å². The molecule has 2 nitrogen and oxygen atoms in total. The molecule has 0 radical (unpaired) electrons. The Morgan fingerprint density at radius 3 is 2.28 bits per heavy atom. The van der Waals surface area contributed by atoms with Crippen LogP contribution in [0.4, 0.5) is 0 Å². The third kappa shape index (κ3) is 2.46. The van der Waals surface area contributed by atoms with E-state index < -0.39 is 0 Å². The lowest BCUT2D eigenvalue weighted by molar-refractivity contribution is 0.0237. The molecule has 3 fully saturated rings. The van der Waals surface area contributed by atoms with E-state index in [1.165, 1.54) is 64.3 Å². The molecule has 3 heteroatoms. The van der Waals surface area contributed by atoms with Crippen molar-refractivity contribution < 1.29 is 0 Å². The van der Waals surface area contributed by atoms with Crippen molar-refractivity contribution in [3.05, 3.63) is 0 Å². The Hall–Kier alpha value is 0.270. The Labute approximate surface area is 116 Å². The number of thioether (sulfide) groups is 1. The van der Waals surface area contributed by atoms with E-state index in [1.54, 1.807) is 0 Å². The van der Waals surface area contributed by atoms with Crippen LogP contribution in [0.2, 0.25) is 0 Å². The zero-order chi connectivity index (χ0) is 12.6. The van der Waals surface area contributed by atoms with Crippen LogP contribution in [0.3, 0.4) is 0 Å². The van der Waals surface area contributed by atoms with Crippen molar-refractivity contribution >= 4 is 11.8 Å². The third-order valence-electron chi connectivity index (χ3n) is 5.58. The molecule has 3 aliphatic rings. The summed E-state index contributed by atoms with van der Waals surface area (Å²) in [7, 11) is 0. The second-order valence-corrected chi connectivity index (χ2v) is 8.01. The largest absolute Gasteiger partial charge is 0.328 e. The molecule has 2 aliphatic heterocycles. The van der Waals surface area contributed by atoms with Crippen LogP contribution < -0.4 is 5.73 Å². The van der Waals surface area contributed by atoms with Crippen molar-refractivity contribution in [3.8, 4) is 0 Å². The Morgan fingerprint density at radius 2 is 1.72 bits per heavy atom. The summed E-state index contributed by atoms with van der Waals surface area (Å²) in [5.74, 6) is 0. The summed E-state index contributed by atoms with van der Waals surface area (Å²) < 4.78 is 0.579. The van der Waals surface area contributed by atoms with Crippen LogP contribution in [0, 0.1) is 0 Å². The highest BCUT2D eigenvalue weighted by Crippen LogP contribution is 2.44. The Morgan fingerprint density at radius 1 is 1.11 bits per heavy atom. The summed E-state index contributed by atoms with van der Waals surface area (Å²) in [6.07, 6.45) is 14.8. The SMILES string of the molecule is CSC1(CN2C3CCCC2CC(N)C3)CCCC1. The van der Waals surface area contributed by atoms with Crippen LogP contribution >= 0.6 is 11.8 Å². The third-order valence-corrected chi connectivity index (χ3v) is 6.98. The highest BCUT2D eigenvalue weighted by Gasteiger charge is 2.42. The molecule has 2 bridgehead atoms. The second-order valence-electron chi connectivity index (χ2n) is 6.74. The van der Waals surface area contributed by atoms with Crippen LogP contribution in [0.1, 0.15) is 57.8 Å². The van der Waals surface area contributed by atoms with Crippen molar-refractivity contribution in [1.29, 1.82) is 0 Å². The minimum absolute atomic E-state index is 0.477. The molecular formula is C15H28N2S. The number of rotatable bonds is 3. The molecule has 0 aromatic rings. The molecule has 0 aromatic carbocycles. The summed E-state index contributed by atoms with van der Waals surface area (Å²) in [5, 5.41) is 0. The van der Waals surface area contributed by atoms with Crippen LogP contribution in [0.5, 0.6) is 0 Å². The zero-order valence-corrected chi connectivity index (χ0v) is 12.6. The molecule has 2 heterocycles. The van der Waals surface area contributed by atoms with Gasteiger partial charge in [0.2, 0.25) is 0 Å². The molecule has 0 aromatic heterocycles. The standard InChI is InChI=1S/C15H28N2S/c1-18-15(7-2-3-8-15)11-17-13-5-4-6-14(17)10-12(16)9-13/h12-14H,2-11,16H2,1H3. The Balaban J connectivity index is 1.71. The van der Waals surface area contributed by atoms with Gasteiger partial charge in [0.05, 0.1) is 0 Å². The van der Waals surface area contributed by atoms with Gasteiger partial charge in [0.15, 0.2) is 0 Å². The normalized spacial score (nSPS) is 40.0. The van der Waals surface area contributed by atoms with Crippen LogP contribution in [0.15, 0.2) is 0 Å². The van der Waals surface area contributed by atoms with Gasteiger partial charge in [-0.1, -0.05) is 19.3 Å². The van der Waals surface area contributed by atoms with Gasteiger partial charge in [0.1, 0.15) is 0 Å². The summed E-state index contributed by atoms with van der Waals surface area (Å²) in [6, 6.07) is 2.08. The van der Waals surface area contributed by atoms with Gasteiger partial charge in [-0.05, 0) is 44.8 Å². The molecule has 18 heavy (non-hydrogen) atoms. The predicted octanol–water partition coefficient (Wildman–Crippen LogP) is 3.01. The molecular weight excluding hydrogens is 240 g/mol. The molecule has 2 unspecified atom stereocenters. The molecule has 1 saturated carbocycles. The maximum absolute atomic E-state index is 6.23. The van der Waals surface area contributed by atoms with E-state index in [0.29, 0.717) is 10.8 Å². The van der Waals surface area contributed by atoms with E-state index in [0.717, 1.165) is 12.1 Å². The van der Waals surface area contributed by atoms with Crippen molar-refractivity contribution in [2.75, 3.05) is 12.8 Å². The monoisotopic (exact) mass is 268 g/mol. The summed E-state index contributed by atoms with van der Waals surface area (Å²) in [5.41, 5.74) is 6.23. The summed E-state index contributed by atoms with van der Waals surface area (Å²) >= 11 is 2.14. The van der Waals surface area contributed by atoms with Gasteiger partial charge in [0.25, 0.3) is 0 Å². The van der Waals surface area contributed by atoms with E-state index in [1.807, 2.05) is 0 Å². The molecule has 2 atom stereocenters. The van der Waals surface area contributed by atoms with E-state index in [-0.39, 0.29) is 0 Å². The lowest BCUT2D eigenvalue weighted by Crippen LogP contribution is -2.58. The first-order valence-electron chi connectivity index (χ1n) is 7.79. The second kappa shape index (κ2) is 5.34. The quantitative estimate of drug-likeness (QED) is 0.853. The molecule has 1 aliphatic carbocycles. The van der Waals surface area contributed by atoms with Gasteiger partial charge in [0, 0.05) is 29.4 Å². The molecule has 0 amide bonds. The van der Waals surface area contributed by atoms with Crippen molar-refractivity contribution in [2.24, 2.45) is 5.73 Å². The summed E-state index contributed by atoms with van der Waals surface area (Å²) in [4.78, 5) is 2.87. The highest BCUT2D eigenvalue weighted by molar-refractivity contribution is 8.00. The minimum Gasteiger partial charge on any atom is -0.328 e. The summed E-state index contributed by atoms with van der Waals surface area (Å²) in [6.45, 7) is 1.34. The van der Waals surface area contributed by atoms with Crippen molar-refractivity contribution in [3.63, 3.8) is 0 Å². The van der Waals surface area contributed by atoms with E-state index >= 15 is 0 Å². The first-order valence-corrected chi connectivity index (χ1v) is 9.01. The van der Waals surface area contributed by atoms with Gasteiger partial charge >= 0.3 is 0 Å². The molecule has 0 spiro atoms. The van der Waals surface area contributed by atoms with Crippen LogP contribution in [0.25, 0.3) is 0 Å². The highest BCUT2D eigenvalue weighted by atomic mass is 32.2. The predicted molar refractivity (Wildman–Crippen MR) is 80.1 cm³/mol. The first-order chi connectivity index (χ1) is 8.72. The molecule has 3 rings (SSSR count). The Bertz CT molecular complexity index is 274. The lowest BCUT2D eigenvalue weighted by atomic mass is 9.81. The van der Waals surface area contributed by atoms with Gasteiger partial charge < -0.3 is 5.73 Å². The average molecular weight is 268 g/mol. The number of piperidine rings is 2. The van der Waals surface area contributed by atoms with Crippen LogP contribution in [-0.4, -0.2) is 40.6 Å². The number of nitrogens with zero attached hydrogens (tertiary/aromatic N) is 1. The topological polar surface area (TPSA) is 29.3 Å². The van der Waals surface area contributed by atoms with Gasteiger partial charge in [-0.2, -0.15) is 11.8 Å². The first kappa shape index (κ1) is 13.3. The number of nitrogens with two attached hydrogens (primary N) is 1. The van der Waals surface area contributed by atoms with Crippen LogP contribution in [-0.2, 0) is 0 Å². The fraction of sp³-hybridized carbons (Fsp3) is 1.00. The molecule has 104 valence electrons. The lowest BCUT2D eigenvalue weighted by Gasteiger charge is -2.51. The smallest absolute Gasteiger partial charge is 0.0284 e. The van der Waals surface area contributed by atoms with Gasteiger partial charge in [-0.25, -0.2) is 0 Å². The van der Waals surface area contributed by atoms with Gasteiger partial charge in [-0.3, -0.25) is 4.90 Å². The molecule has 2 N–H and O–H groups in total. The van der Waals surface area contributed by atoms with Crippen molar-refractivity contribution in [1.82, 2.24) is 4.90 Å². The fourth-order valence-corrected chi connectivity index (χ4v) is 5.53. The fourth-order valence-electron chi connectivity index (χ4n) is 4.56. The number of hydrogen-bond acceptors (Lipinski definition) is 3. The maximum atomic E-state index is 6.23. The Kier molecular flexibility index (Phi) is 3.93. The number of fused-ring (bicyclic) bond motifs is 2. The minimum atomic E-state index is 0.477. The maximum Gasteiger partial charge on any atom is 0.0284 e.